The highest BCUT2D eigenvalue weighted by Gasteiger charge is 2.41. The van der Waals surface area contributed by atoms with Crippen molar-refractivity contribution in [1.29, 1.82) is 0 Å². The minimum Gasteiger partial charge on any atom is -0.494 e. The van der Waals surface area contributed by atoms with E-state index in [-0.39, 0.29) is 0 Å². The lowest BCUT2D eigenvalue weighted by Gasteiger charge is -2.39. The Balaban J connectivity index is 1.62. The fourth-order valence-electron chi connectivity index (χ4n) is 4.85. The second-order valence-electron chi connectivity index (χ2n) is 7.16. The fraction of sp³-hybridized carbons (Fsp3) is 0.524. The summed E-state index contributed by atoms with van der Waals surface area (Å²) in [5.74, 6) is 3.27. The van der Waals surface area contributed by atoms with Crippen LogP contribution in [0, 0.1) is 11.8 Å². The van der Waals surface area contributed by atoms with Gasteiger partial charge in [0.15, 0.2) is 0 Å². The van der Waals surface area contributed by atoms with Crippen LogP contribution in [-0.2, 0) is 6.42 Å². The molecule has 3 aliphatic carbocycles. The van der Waals surface area contributed by atoms with E-state index in [1.54, 1.807) is 11.1 Å². The Hall–Kier alpha value is -1.50. The van der Waals surface area contributed by atoms with Crippen LogP contribution in [0.4, 0.5) is 0 Å². The predicted molar refractivity (Wildman–Crippen MR) is 91.3 cm³/mol. The van der Waals surface area contributed by atoms with Gasteiger partial charge in [-0.05, 0) is 73.6 Å². The van der Waals surface area contributed by atoms with Crippen molar-refractivity contribution in [2.24, 2.45) is 11.8 Å². The van der Waals surface area contributed by atoms with Gasteiger partial charge < -0.3 is 4.74 Å². The number of benzene rings is 1. The maximum atomic E-state index is 5.81. The molecule has 22 heavy (non-hydrogen) atoms. The van der Waals surface area contributed by atoms with E-state index in [2.05, 4.69) is 37.8 Å². The van der Waals surface area contributed by atoms with E-state index in [4.69, 9.17) is 4.74 Å². The summed E-state index contributed by atoms with van der Waals surface area (Å²) in [4.78, 5) is 0. The summed E-state index contributed by atoms with van der Waals surface area (Å²) in [7, 11) is 0. The average molecular weight is 294 g/mol. The SMILES string of the molecule is C=C1CCC2C3=CCc4cc(OCCC)ccc4C3CCC12. The summed E-state index contributed by atoms with van der Waals surface area (Å²) in [6.07, 6.45) is 9.89. The number of ether oxygens (including phenoxy) is 1. The Kier molecular flexibility index (Phi) is 3.60. The third-order valence-electron chi connectivity index (χ3n) is 5.90. The second kappa shape index (κ2) is 5.61. The Morgan fingerprint density at radius 1 is 1.18 bits per heavy atom. The van der Waals surface area contributed by atoms with Gasteiger partial charge in [0.2, 0.25) is 0 Å². The monoisotopic (exact) mass is 294 g/mol. The zero-order valence-electron chi connectivity index (χ0n) is 13.6. The number of hydrogen-bond acceptors (Lipinski definition) is 1. The first-order valence-corrected chi connectivity index (χ1v) is 8.91. The molecule has 116 valence electrons. The molecular formula is C21H26O. The summed E-state index contributed by atoms with van der Waals surface area (Å²) in [5.41, 5.74) is 6.29. The molecule has 0 aromatic heterocycles. The van der Waals surface area contributed by atoms with Gasteiger partial charge in [-0.3, -0.25) is 0 Å². The highest BCUT2D eigenvalue weighted by atomic mass is 16.5. The number of rotatable bonds is 3. The molecule has 3 aliphatic rings. The summed E-state index contributed by atoms with van der Waals surface area (Å²) in [5, 5.41) is 0. The van der Waals surface area contributed by atoms with Gasteiger partial charge in [0.25, 0.3) is 0 Å². The molecule has 0 saturated heterocycles. The normalized spacial score (nSPS) is 29.4. The van der Waals surface area contributed by atoms with E-state index in [1.165, 1.54) is 36.8 Å². The molecule has 2 saturated carbocycles. The molecule has 0 radical (unpaired) electrons. The zero-order valence-corrected chi connectivity index (χ0v) is 13.6. The van der Waals surface area contributed by atoms with E-state index in [1.807, 2.05) is 0 Å². The lowest BCUT2D eigenvalue weighted by Crippen LogP contribution is -2.26. The average Bonchev–Trinajstić information content (AvgIpc) is 2.94. The first kappa shape index (κ1) is 14.1. The van der Waals surface area contributed by atoms with Crippen molar-refractivity contribution in [3.63, 3.8) is 0 Å². The van der Waals surface area contributed by atoms with Crippen LogP contribution in [-0.4, -0.2) is 6.61 Å². The van der Waals surface area contributed by atoms with Gasteiger partial charge in [0, 0.05) is 5.92 Å². The molecule has 0 heterocycles. The van der Waals surface area contributed by atoms with E-state index in [0.29, 0.717) is 5.92 Å². The van der Waals surface area contributed by atoms with Crippen LogP contribution >= 0.6 is 0 Å². The molecule has 3 atom stereocenters. The quantitative estimate of drug-likeness (QED) is 0.677. The third-order valence-corrected chi connectivity index (χ3v) is 5.90. The van der Waals surface area contributed by atoms with E-state index in [9.17, 15) is 0 Å². The van der Waals surface area contributed by atoms with Gasteiger partial charge in [0.05, 0.1) is 6.61 Å². The minimum atomic E-state index is 0.663. The molecule has 0 N–H and O–H groups in total. The Morgan fingerprint density at radius 2 is 2.09 bits per heavy atom. The Morgan fingerprint density at radius 3 is 2.95 bits per heavy atom. The van der Waals surface area contributed by atoms with Gasteiger partial charge in [-0.15, -0.1) is 0 Å². The lowest BCUT2D eigenvalue weighted by atomic mass is 9.66. The first-order valence-electron chi connectivity index (χ1n) is 8.91. The van der Waals surface area contributed by atoms with Crippen LogP contribution in [0.1, 0.15) is 56.1 Å². The topological polar surface area (TPSA) is 9.23 Å². The largest absolute Gasteiger partial charge is 0.494 e. The predicted octanol–water partition coefficient (Wildman–Crippen LogP) is 5.42. The van der Waals surface area contributed by atoms with Crippen molar-refractivity contribution in [3.05, 3.63) is 53.1 Å². The molecular weight excluding hydrogens is 268 g/mol. The molecule has 1 heteroatoms. The highest BCUT2D eigenvalue weighted by molar-refractivity contribution is 5.47. The van der Waals surface area contributed by atoms with Crippen molar-refractivity contribution < 1.29 is 4.74 Å². The highest BCUT2D eigenvalue weighted by Crippen LogP contribution is 2.54. The second-order valence-corrected chi connectivity index (χ2v) is 7.16. The van der Waals surface area contributed by atoms with Gasteiger partial charge in [-0.2, -0.15) is 0 Å². The minimum absolute atomic E-state index is 0.663. The molecule has 0 bridgehead atoms. The maximum Gasteiger partial charge on any atom is 0.119 e. The molecule has 3 unspecified atom stereocenters. The zero-order chi connectivity index (χ0) is 15.1. The number of fused-ring (bicyclic) bond motifs is 5. The third kappa shape index (κ3) is 2.22. The van der Waals surface area contributed by atoms with Crippen LogP contribution in [0.5, 0.6) is 5.75 Å². The van der Waals surface area contributed by atoms with Gasteiger partial charge in [0.1, 0.15) is 5.75 Å². The van der Waals surface area contributed by atoms with Crippen LogP contribution in [0.25, 0.3) is 0 Å². The van der Waals surface area contributed by atoms with Crippen molar-refractivity contribution in [1.82, 2.24) is 0 Å². The number of hydrogen-bond donors (Lipinski definition) is 0. The smallest absolute Gasteiger partial charge is 0.119 e. The van der Waals surface area contributed by atoms with Gasteiger partial charge in [-0.1, -0.05) is 36.8 Å². The van der Waals surface area contributed by atoms with Crippen LogP contribution in [0.15, 0.2) is 42.0 Å². The van der Waals surface area contributed by atoms with Crippen molar-refractivity contribution in [2.75, 3.05) is 6.61 Å². The standard InChI is InChI=1S/C21H26O/c1-3-12-22-16-6-9-18-15(13-16)5-8-21-19-7-4-14(2)17(19)10-11-20(18)21/h6,8-9,13,17,19-20H,2-5,7,10-12H2,1H3. The summed E-state index contributed by atoms with van der Waals surface area (Å²) in [6, 6.07) is 6.79. The van der Waals surface area contributed by atoms with E-state index < -0.39 is 0 Å². The summed E-state index contributed by atoms with van der Waals surface area (Å²) in [6.45, 7) is 7.29. The molecule has 1 nitrogen and oxygen atoms in total. The van der Waals surface area contributed by atoms with E-state index >= 15 is 0 Å². The van der Waals surface area contributed by atoms with Crippen LogP contribution in [0.3, 0.4) is 0 Å². The maximum absolute atomic E-state index is 5.81. The van der Waals surface area contributed by atoms with Crippen molar-refractivity contribution in [2.45, 2.75) is 51.4 Å². The summed E-state index contributed by atoms with van der Waals surface area (Å²) >= 11 is 0. The molecule has 4 rings (SSSR count). The molecule has 0 spiro atoms. The molecule has 0 amide bonds. The Labute approximate surface area is 134 Å². The molecule has 1 aromatic rings. The number of allylic oxidation sites excluding steroid dienone is 3. The molecule has 1 aromatic carbocycles. The fourth-order valence-corrected chi connectivity index (χ4v) is 4.85. The van der Waals surface area contributed by atoms with E-state index in [0.717, 1.165) is 37.0 Å². The van der Waals surface area contributed by atoms with Crippen molar-refractivity contribution >= 4 is 0 Å². The first-order chi connectivity index (χ1) is 10.8. The van der Waals surface area contributed by atoms with Crippen LogP contribution in [0.2, 0.25) is 0 Å². The van der Waals surface area contributed by atoms with Gasteiger partial charge in [-0.25, -0.2) is 0 Å². The summed E-state index contributed by atoms with van der Waals surface area (Å²) < 4.78 is 5.81. The molecule has 2 fully saturated rings. The lowest BCUT2D eigenvalue weighted by molar-refractivity contribution is 0.316. The van der Waals surface area contributed by atoms with Gasteiger partial charge >= 0.3 is 0 Å². The molecule has 0 aliphatic heterocycles. The van der Waals surface area contributed by atoms with Crippen LogP contribution < -0.4 is 4.74 Å². The Bertz CT molecular complexity index is 625. The van der Waals surface area contributed by atoms with Crippen molar-refractivity contribution in [3.8, 4) is 5.75 Å².